The number of hydrogen-bond donors (Lipinski definition) is 1. The number of benzene rings is 1. The molecule has 0 heterocycles. The summed E-state index contributed by atoms with van der Waals surface area (Å²) in [5.41, 5.74) is 4.97. The van der Waals surface area contributed by atoms with Crippen LogP contribution in [0.3, 0.4) is 0 Å². The molecule has 1 aliphatic rings. The van der Waals surface area contributed by atoms with Crippen molar-refractivity contribution in [3.8, 4) is 5.75 Å². The Morgan fingerprint density at radius 2 is 1.79 bits per heavy atom. The molecule has 152 valence electrons. The van der Waals surface area contributed by atoms with E-state index in [0.717, 1.165) is 25.9 Å². The Morgan fingerprint density at radius 3 is 2.36 bits per heavy atom. The third-order valence-electron chi connectivity index (χ3n) is 3.89. The first kappa shape index (κ1) is 22.4. The molecule has 1 aromatic rings. The fourth-order valence-electron chi connectivity index (χ4n) is 2.47. The molecule has 0 aliphatic heterocycles. The van der Waals surface area contributed by atoms with E-state index in [1.54, 1.807) is 12.1 Å². The van der Waals surface area contributed by atoms with E-state index in [9.17, 15) is 8.42 Å². The molecule has 0 bridgehead atoms. The Kier molecular flexibility index (Phi) is 8.43. The Balaban J connectivity index is 2.38. The molecule has 0 saturated heterocycles. The van der Waals surface area contributed by atoms with Gasteiger partial charge in [0.1, 0.15) is 18.8 Å². The maximum atomic E-state index is 12.0. The third kappa shape index (κ3) is 6.30. The molecule has 1 aromatic carbocycles. The molecule has 0 aromatic heterocycles. The molecule has 1 N–H and O–H groups in total. The van der Waals surface area contributed by atoms with E-state index in [0.29, 0.717) is 39.4 Å². The molecule has 0 saturated carbocycles. The number of nitrogens with one attached hydrogen (secondary N) is 1. The minimum atomic E-state index is -3.75. The highest BCUT2D eigenvalue weighted by Crippen LogP contribution is 2.30. The van der Waals surface area contributed by atoms with Crippen LogP contribution in [-0.4, -0.2) is 51.2 Å². The lowest BCUT2D eigenvalue weighted by molar-refractivity contribution is -0.519. The molecule has 0 radical (unpaired) electrons. The van der Waals surface area contributed by atoms with Crippen LogP contribution < -0.4 is 10.3 Å². The second-order valence-electron chi connectivity index (χ2n) is 5.69. The van der Waals surface area contributed by atoms with E-state index in [2.05, 4.69) is 33.1 Å². The molecule has 28 heavy (non-hydrogen) atoms. The van der Waals surface area contributed by atoms with Crippen LogP contribution in [0.2, 0.25) is 0 Å². The van der Waals surface area contributed by atoms with Gasteiger partial charge in [-0.3, -0.25) is 4.18 Å². The van der Waals surface area contributed by atoms with Gasteiger partial charge in [-0.05, 0) is 51.1 Å². The van der Waals surface area contributed by atoms with E-state index in [1.807, 2.05) is 37.3 Å². The van der Waals surface area contributed by atoms with E-state index in [1.165, 1.54) is 0 Å². The number of aliphatic imine (C=N–C) groups is 1. The summed E-state index contributed by atoms with van der Waals surface area (Å²) in [7, 11) is -1.95. The van der Waals surface area contributed by atoms with Gasteiger partial charge in [-0.2, -0.15) is 13.9 Å². The highest BCUT2D eigenvalue weighted by Gasteiger charge is 2.23. The summed E-state index contributed by atoms with van der Waals surface area (Å²) in [4.78, 5) is 10.4. The highest BCUT2D eigenvalue weighted by atomic mass is 33.1. The van der Waals surface area contributed by atoms with Crippen molar-refractivity contribution in [1.29, 1.82) is 0 Å². The third-order valence-corrected chi connectivity index (χ3v) is 6.57. The summed E-state index contributed by atoms with van der Waals surface area (Å²) < 4.78 is 30.7. The Hall–Kier alpha value is -1.94. The summed E-state index contributed by atoms with van der Waals surface area (Å²) in [5.74, 6) is 0.675. The largest absolute Gasteiger partial charge is 0.409 e. The molecule has 0 unspecified atom stereocenters. The first-order chi connectivity index (χ1) is 13.4. The number of nitrogens with zero attached hydrogens (tertiary/aromatic N) is 2. The topological polar surface area (TPSA) is 80.0 Å². The first-order valence-electron chi connectivity index (χ1n) is 9.02. The lowest BCUT2D eigenvalue weighted by Crippen LogP contribution is -2.21. The second kappa shape index (κ2) is 10.6. The van der Waals surface area contributed by atoms with Crippen LogP contribution >= 0.6 is 10.8 Å². The van der Waals surface area contributed by atoms with Crippen LogP contribution in [0.5, 0.6) is 5.75 Å². The standard InChI is InChI=1S/C19H26N3O4S2/c1-5-20-26-17-11-8-15(9-12-17)21-18-13-10-16(22(6-2)7-3)14-19(18)27-28(23,24)25-4/h8-14,20H,5-7H2,1-4H3/q+1. The van der Waals surface area contributed by atoms with Gasteiger partial charge in [-0.1, -0.05) is 0 Å². The lowest BCUT2D eigenvalue weighted by Gasteiger charge is -2.12. The molecule has 0 amide bonds. The van der Waals surface area contributed by atoms with Crippen LogP contribution in [0.15, 0.2) is 52.4 Å². The molecule has 0 fully saturated rings. The van der Waals surface area contributed by atoms with Crippen molar-refractivity contribution < 1.29 is 22.0 Å². The molecule has 2 rings (SSSR count). The fraction of sp³-hybridized carbons (Fsp3) is 0.368. The zero-order chi connectivity index (χ0) is 20.6. The van der Waals surface area contributed by atoms with Gasteiger partial charge in [0.25, 0.3) is 0 Å². The summed E-state index contributed by atoms with van der Waals surface area (Å²) in [6.45, 7) is 8.39. The van der Waals surface area contributed by atoms with Crippen molar-refractivity contribution in [2.24, 2.45) is 4.99 Å². The SMILES string of the molecule is CCNOc1ccc(N=C2C=CC(=[N+](CC)CC)C=C2SS(=O)(=O)OC)cc1. The predicted octanol–water partition coefficient (Wildman–Crippen LogP) is 3.23. The normalized spacial score (nSPS) is 15.6. The minimum Gasteiger partial charge on any atom is -0.409 e. The van der Waals surface area contributed by atoms with Gasteiger partial charge in [0.2, 0.25) is 5.71 Å². The fourth-order valence-corrected chi connectivity index (χ4v) is 4.39. The van der Waals surface area contributed by atoms with Crippen molar-refractivity contribution in [1.82, 2.24) is 5.48 Å². The maximum Gasteiger partial charge on any atom is 0.326 e. The van der Waals surface area contributed by atoms with Crippen LogP contribution in [0.4, 0.5) is 5.69 Å². The summed E-state index contributed by atoms with van der Waals surface area (Å²) >= 11 is 0. The molecule has 0 atom stereocenters. The van der Waals surface area contributed by atoms with Gasteiger partial charge in [-0.15, -0.1) is 0 Å². The number of rotatable bonds is 9. The maximum absolute atomic E-state index is 12.0. The van der Waals surface area contributed by atoms with Gasteiger partial charge < -0.3 is 4.84 Å². The second-order valence-corrected chi connectivity index (χ2v) is 9.17. The molecule has 9 heteroatoms. The van der Waals surface area contributed by atoms with Gasteiger partial charge in [0.15, 0.2) is 0 Å². The van der Waals surface area contributed by atoms with Gasteiger partial charge >= 0.3 is 9.15 Å². The van der Waals surface area contributed by atoms with E-state index in [-0.39, 0.29) is 0 Å². The van der Waals surface area contributed by atoms with Gasteiger partial charge in [0, 0.05) is 29.5 Å². The van der Waals surface area contributed by atoms with E-state index >= 15 is 0 Å². The lowest BCUT2D eigenvalue weighted by atomic mass is 10.1. The zero-order valence-electron chi connectivity index (χ0n) is 16.5. The van der Waals surface area contributed by atoms with Crippen LogP contribution in [-0.2, 0) is 13.3 Å². The van der Waals surface area contributed by atoms with E-state index in [4.69, 9.17) is 4.84 Å². The van der Waals surface area contributed by atoms with E-state index < -0.39 is 9.15 Å². The Labute approximate surface area is 170 Å². The average molecular weight is 425 g/mol. The smallest absolute Gasteiger partial charge is 0.326 e. The molecular weight excluding hydrogens is 398 g/mol. The number of hydrogen-bond acceptors (Lipinski definition) is 7. The van der Waals surface area contributed by atoms with Crippen molar-refractivity contribution in [3.63, 3.8) is 0 Å². The average Bonchev–Trinajstić information content (AvgIpc) is 2.70. The first-order valence-corrected chi connectivity index (χ1v) is 11.8. The van der Waals surface area contributed by atoms with Crippen LogP contribution in [0, 0.1) is 0 Å². The molecule has 7 nitrogen and oxygen atoms in total. The van der Waals surface area contributed by atoms with Crippen LogP contribution in [0.1, 0.15) is 20.8 Å². The van der Waals surface area contributed by atoms with Crippen LogP contribution in [0.25, 0.3) is 0 Å². The zero-order valence-corrected chi connectivity index (χ0v) is 18.1. The quantitative estimate of drug-likeness (QED) is 0.284. The highest BCUT2D eigenvalue weighted by molar-refractivity contribution is 8.72. The van der Waals surface area contributed by atoms with Gasteiger partial charge in [-0.25, -0.2) is 9.57 Å². The number of allylic oxidation sites excluding steroid dienone is 4. The van der Waals surface area contributed by atoms with Crippen molar-refractivity contribution >= 4 is 37.1 Å². The summed E-state index contributed by atoms with van der Waals surface area (Å²) in [5, 5.41) is 0. The minimum absolute atomic E-state index is 0.513. The van der Waals surface area contributed by atoms with Crippen molar-refractivity contribution in [2.45, 2.75) is 20.8 Å². The monoisotopic (exact) mass is 424 g/mol. The summed E-state index contributed by atoms with van der Waals surface area (Å²) in [6, 6.07) is 7.21. The number of hydroxylamine groups is 1. The van der Waals surface area contributed by atoms with Crippen molar-refractivity contribution in [2.75, 3.05) is 26.7 Å². The predicted molar refractivity (Wildman–Crippen MR) is 115 cm³/mol. The molecule has 1 aliphatic carbocycles. The Morgan fingerprint density at radius 1 is 1.11 bits per heavy atom. The molecule has 0 spiro atoms. The molecular formula is C19H26N3O4S2+. The van der Waals surface area contributed by atoms with Crippen molar-refractivity contribution in [3.05, 3.63) is 47.4 Å². The summed E-state index contributed by atoms with van der Waals surface area (Å²) in [6.07, 6.45) is 5.60. The van der Waals surface area contributed by atoms with Gasteiger partial charge in [0.05, 0.1) is 23.4 Å². The Bertz CT molecular complexity index is 896.